The molecule has 0 bridgehead atoms. The van der Waals surface area contributed by atoms with Gasteiger partial charge in [-0.3, -0.25) is 19.4 Å². The van der Waals surface area contributed by atoms with Gasteiger partial charge in [0.1, 0.15) is 17.8 Å². The Morgan fingerprint density at radius 2 is 1.87 bits per heavy atom. The van der Waals surface area contributed by atoms with Gasteiger partial charge in [-0.1, -0.05) is 44.2 Å². The van der Waals surface area contributed by atoms with Crippen LogP contribution in [0.2, 0.25) is 0 Å². The molecule has 1 saturated heterocycles. The van der Waals surface area contributed by atoms with Crippen molar-refractivity contribution < 1.29 is 33.2 Å². The molecule has 0 radical (unpaired) electrons. The third kappa shape index (κ3) is 7.59. The third-order valence-electron chi connectivity index (χ3n) is 5.90. The number of carbonyl (C=O) groups is 4. The minimum absolute atomic E-state index is 0.0562. The van der Waals surface area contributed by atoms with Crippen LogP contribution in [0.3, 0.4) is 0 Å². The number of methoxy groups -OCH3 is 1. The SMILES string of the molecule is CN[C@@H]1C(=O)OB([C@H](CC(C)C)NC(=O)[C@H](Cc2ccccc2)NC(=O)c2cnccn2)O[C@H]1C(=O)OC. The van der Waals surface area contributed by atoms with E-state index >= 15 is 0 Å². The molecule has 202 valence electrons. The highest BCUT2D eigenvalue weighted by Crippen LogP contribution is 2.20. The standard InChI is InChI=1S/C25H32BN5O7/c1-15(2)12-19(26-37-21(25(35)36-4)20(27-3)24(34)38-26)31-22(32)17(13-16-8-6-5-7-9-16)30-23(33)18-14-28-10-11-29-18/h5-11,14-15,17,19-21,27H,12-13H2,1-4H3,(H,30,33)(H,31,32)/t17-,19-,20-,21+/m0/s1. The summed E-state index contributed by atoms with van der Waals surface area (Å²) in [6.07, 6.45) is 3.40. The first-order chi connectivity index (χ1) is 18.2. The zero-order valence-electron chi connectivity index (χ0n) is 21.7. The fourth-order valence-electron chi connectivity index (χ4n) is 4.05. The van der Waals surface area contributed by atoms with Crippen molar-refractivity contribution in [2.24, 2.45) is 5.92 Å². The number of hydrogen-bond donors (Lipinski definition) is 3. The quantitative estimate of drug-likeness (QED) is 0.271. The van der Waals surface area contributed by atoms with Gasteiger partial charge in [-0.15, -0.1) is 0 Å². The van der Waals surface area contributed by atoms with Crippen molar-refractivity contribution in [1.29, 1.82) is 0 Å². The van der Waals surface area contributed by atoms with Crippen molar-refractivity contribution >= 4 is 30.9 Å². The Kier molecular flexibility index (Phi) is 10.3. The topological polar surface area (TPSA) is 158 Å². The van der Waals surface area contributed by atoms with Crippen molar-refractivity contribution in [2.45, 2.75) is 50.8 Å². The van der Waals surface area contributed by atoms with Crippen LogP contribution in [0.15, 0.2) is 48.9 Å². The number of nitrogens with zero attached hydrogens (tertiary/aromatic N) is 2. The molecule has 2 amide bonds. The van der Waals surface area contributed by atoms with Gasteiger partial charge in [-0.05, 0) is 24.9 Å². The van der Waals surface area contributed by atoms with Crippen LogP contribution in [0.1, 0.15) is 36.3 Å². The molecule has 0 unspecified atom stereocenters. The molecule has 1 aliphatic heterocycles. The summed E-state index contributed by atoms with van der Waals surface area (Å²) in [5, 5.41) is 8.28. The largest absolute Gasteiger partial charge is 0.552 e. The van der Waals surface area contributed by atoms with Gasteiger partial charge < -0.3 is 30.0 Å². The molecule has 38 heavy (non-hydrogen) atoms. The van der Waals surface area contributed by atoms with Crippen LogP contribution in [0, 0.1) is 5.92 Å². The van der Waals surface area contributed by atoms with Crippen LogP contribution in [0.5, 0.6) is 0 Å². The van der Waals surface area contributed by atoms with Crippen LogP contribution >= 0.6 is 0 Å². The van der Waals surface area contributed by atoms with Crippen LogP contribution in [0.4, 0.5) is 0 Å². The minimum atomic E-state index is -1.26. The maximum absolute atomic E-state index is 13.6. The summed E-state index contributed by atoms with van der Waals surface area (Å²) in [6, 6.07) is 7.12. The van der Waals surface area contributed by atoms with Crippen LogP contribution < -0.4 is 16.0 Å². The number of amides is 2. The molecule has 3 N–H and O–H groups in total. The normalized spacial score (nSPS) is 18.8. The molecule has 2 aromatic rings. The van der Waals surface area contributed by atoms with Gasteiger partial charge in [-0.25, -0.2) is 9.78 Å². The summed E-state index contributed by atoms with van der Waals surface area (Å²) in [5.74, 6) is -3.32. The van der Waals surface area contributed by atoms with E-state index in [0.29, 0.717) is 6.42 Å². The Hall–Kier alpha value is -3.84. The number of likely N-dealkylation sites (N-methyl/N-ethyl adjacent to an activating group) is 1. The van der Waals surface area contributed by atoms with E-state index < -0.39 is 55.0 Å². The fourth-order valence-corrected chi connectivity index (χ4v) is 4.05. The monoisotopic (exact) mass is 525 g/mol. The fraction of sp³-hybridized carbons (Fsp3) is 0.440. The van der Waals surface area contributed by atoms with E-state index in [-0.39, 0.29) is 18.0 Å². The first kappa shape index (κ1) is 28.7. The Bertz CT molecular complexity index is 1110. The lowest BCUT2D eigenvalue weighted by Gasteiger charge is -2.36. The molecular weight excluding hydrogens is 493 g/mol. The lowest BCUT2D eigenvalue weighted by molar-refractivity contribution is -0.163. The van der Waals surface area contributed by atoms with E-state index in [4.69, 9.17) is 14.0 Å². The zero-order valence-corrected chi connectivity index (χ0v) is 21.7. The zero-order chi connectivity index (χ0) is 27.7. The average Bonchev–Trinajstić information content (AvgIpc) is 2.92. The highest BCUT2D eigenvalue weighted by atomic mass is 16.7. The molecule has 1 aromatic carbocycles. The Labute approximate surface area is 221 Å². The number of ether oxygens (including phenoxy) is 1. The lowest BCUT2D eigenvalue weighted by atomic mass is 9.72. The van der Waals surface area contributed by atoms with Crippen LogP contribution in [-0.4, -0.2) is 79.1 Å². The van der Waals surface area contributed by atoms with Gasteiger partial charge in [0.2, 0.25) is 5.91 Å². The second-order valence-corrected chi connectivity index (χ2v) is 9.20. The number of aromatic nitrogens is 2. The molecule has 1 aliphatic rings. The van der Waals surface area contributed by atoms with Gasteiger partial charge in [0.15, 0.2) is 6.10 Å². The van der Waals surface area contributed by atoms with E-state index in [2.05, 4.69) is 25.9 Å². The summed E-state index contributed by atoms with van der Waals surface area (Å²) in [7, 11) is 1.43. The van der Waals surface area contributed by atoms with E-state index in [0.717, 1.165) is 5.56 Å². The van der Waals surface area contributed by atoms with E-state index in [1.807, 2.05) is 44.2 Å². The Balaban J connectivity index is 1.83. The maximum atomic E-state index is 13.6. The maximum Gasteiger partial charge on any atom is 0.552 e. The van der Waals surface area contributed by atoms with Gasteiger partial charge >= 0.3 is 19.1 Å². The lowest BCUT2D eigenvalue weighted by Crippen LogP contribution is -2.64. The van der Waals surface area contributed by atoms with Crippen LogP contribution in [0.25, 0.3) is 0 Å². The van der Waals surface area contributed by atoms with Crippen molar-refractivity contribution in [2.75, 3.05) is 14.2 Å². The Morgan fingerprint density at radius 3 is 2.47 bits per heavy atom. The summed E-state index contributed by atoms with van der Waals surface area (Å²) in [5.41, 5.74) is 0.871. The molecule has 0 spiro atoms. The average molecular weight is 525 g/mol. The van der Waals surface area contributed by atoms with Gasteiger partial charge in [-0.2, -0.15) is 0 Å². The third-order valence-corrected chi connectivity index (χ3v) is 5.90. The number of carbonyl (C=O) groups excluding carboxylic acids is 4. The van der Waals surface area contributed by atoms with Crippen molar-refractivity contribution in [3.05, 3.63) is 60.2 Å². The summed E-state index contributed by atoms with van der Waals surface area (Å²) < 4.78 is 16.1. The number of benzene rings is 1. The van der Waals surface area contributed by atoms with Crippen LogP contribution in [-0.2, 0) is 34.9 Å². The van der Waals surface area contributed by atoms with Crippen molar-refractivity contribution in [1.82, 2.24) is 25.9 Å². The molecule has 12 nitrogen and oxygen atoms in total. The van der Waals surface area contributed by atoms with E-state index in [1.54, 1.807) is 0 Å². The molecule has 4 atom stereocenters. The molecular formula is C25H32BN5O7. The van der Waals surface area contributed by atoms with Gasteiger partial charge in [0.25, 0.3) is 5.91 Å². The number of hydrogen-bond acceptors (Lipinski definition) is 10. The smallest absolute Gasteiger partial charge is 0.507 e. The van der Waals surface area contributed by atoms with Crippen molar-refractivity contribution in [3.8, 4) is 0 Å². The summed E-state index contributed by atoms with van der Waals surface area (Å²) in [6.45, 7) is 3.85. The first-order valence-electron chi connectivity index (χ1n) is 12.3. The second kappa shape index (κ2) is 13.6. The minimum Gasteiger partial charge on any atom is -0.507 e. The Morgan fingerprint density at radius 1 is 1.13 bits per heavy atom. The van der Waals surface area contributed by atoms with Gasteiger partial charge in [0, 0.05) is 18.8 Å². The van der Waals surface area contributed by atoms with E-state index in [1.165, 1.54) is 32.7 Å². The van der Waals surface area contributed by atoms with Crippen molar-refractivity contribution in [3.63, 3.8) is 0 Å². The van der Waals surface area contributed by atoms with Gasteiger partial charge in [0.05, 0.1) is 19.2 Å². The second-order valence-electron chi connectivity index (χ2n) is 9.20. The number of rotatable bonds is 11. The first-order valence-corrected chi connectivity index (χ1v) is 12.3. The molecule has 0 saturated carbocycles. The molecule has 0 aliphatic carbocycles. The predicted octanol–water partition coefficient (Wildman–Crippen LogP) is 0.0790. The predicted molar refractivity (Wildman–Crippen MR) is 136 cm³/mol. The number of nitrogens with one attached hydrogen (secondary N) is 3. The molecule has 1 aromatic heterocycles. The summed E-state index contributed by atoms with van der Waals surface area (Å²) in [4.78, 5) is 59.3. The molecule has 13 heteroatoms. The molecule has 3 rings (SSSR count). The van der Waals surface area contributed by atoms with E-state index in [9.17, 15) is 19.2 Å². The molecule has 2 heterocycles. The highest BCUT2D eigenvalue weighted by molar-refractivity contribution is 6.50. The molecule has 1 fully saturated rings. The summed E-state index contributed by atoms with van der Waals surface area (Å²) >= 11 is 0. The highest BCUT2D eigenvalue weighted by Gasteiger charge is 2.50. The number of esters is 1.